The SMILES string of the molecule is CCCNC(C)c1ccc(Sc2cnn(C)c2)cc1. The normalized spacial score (nSPS) is 12.6. The van der Waals surface area contributed by atoms with Gasteiger partial charge < -0.3 is 5.32 Å². The molecule has 1 unspecified atom stereocenters. The summed E-state index contributed by atoms with van der Waals surface area (Å²) in [5.41, 5.74) is 1.34. The maximum Gasteiger partial charge on any atom is 0.0629 e. The summed E-state index contributed by atoms with van der Waals surface area (Å²) in [5.74, 6) is 0. The molecule has 0 saturated carbocycles. The topological polar surface area (TPSA) is 29.9 Å². The molecule has 0 radical (unpaired) electrons. The number of nitrogens with one attached hydrogen (secondary N) is 1. The molecule has 0 aliphatic carbocycles. The first-order valence-electron chi connectivity index (χ1n) is 6.69. The third kappa shape index (κ3) is 4.11. The van der Waals surface area contributed by atoms with Gasteiger partial charge in [0.15, 0.2) is 0 Å². The lowest BCUT2D eigenvalue weighted by atomic mass is 10.1. The molecule has 2 aromatic rings. The van der Waals surface area contributed by atoms with E-state index in [4.69, 9.17) is 0 Å². The van der Waals surface area contributed by atoms with E-state index in [0.717, 1.165) is 6.54 Å². The number of aryl methyl sites for hydroxylation is 1. The van der Waals surface area contributed by atoms with Crippen LogP contribution in [0.2, 0.25) is 0 Å². The predicted molar refractivity (Wildman–Crippen MR) is 80.5 cm³/mol. The fourth-order valence-corrected chi connectivity index (χ4v) is 2.74. The molecule has 0 aliphatic heterocycles. The Hall–Kier alpha value is -1.26. The number of benzene rings is 1. The Morgan fingerprint density at radius 3 is 2.58 bits per heavy atom. The third-order valence-corrected chi connectivity index (χ3v) is 3.95. The van der Waals surface area contributed by atoms with E-state index in [0.29, 0.717) is 6.04 Å². The number of nitrogens with zero attached hydrogens (tertiary/aromatic N) is 2. The lowest BCUT2D eigenvalue weighted by Gasteiger charge is -2.13. The van der Waals surface area contributed by atoms with E-state index in [1.54, 1.807) is 11.8 Å². The molecule has 0 aliphatic rings. The first-order valence-corrected chi connectivity index (χ1v) is 7.50. The van der Waals surface area contributed by atoms with Gasteiger partial charge >= 0.3 is 0 Å². The third-order valence-electron chi connectivity index (χ3n) is 3.00. The highest BCUT2D eigenvalue weighted by Gasteiger charge is 2.05. The summed E-state index contributed by atoms with van der Waals surface area (Å²) < 4.78 is 1.83. The number of hydrogen-bond acceptors (Lipinski definition) is 3. The van der Waals surface area contributed by atoms with Gasteiger partial charge in [0.2, 0.25) is 0 Å². The molecule has 0 bridgehead atoms. The van der Waals surface area contributed by atoms with Crippen molar-refractivity contribution < 1.29 is 0 Å². The minimum absolute atomic E-state index is 0.414. The van der Waals surface area contributed by atoms with Crippen molar-refractivity contribution in [3.63, 3.8) is 0 Å². The van der Waals surface area contributed by atoms with Crippen molar-refractivity contribution in [1.82, 2.24) is 15.1 Å². The molecule has 0 saturated heterocycles. The number of aromatic nitrogens is 2. The molecule has 102 valence electrons. The highest BCUT2D eigenvalue weighted by Crippen LogP contribution is 2.27. The summed E-state index contributed by atoms with van der Waals surface area (Å²) in [7, 11) is 1.94. The standard InChI is InChI=1S/C15H21N3S/c1-4-9-16-12(2)13-5-7-14(8-6-13)19-15-10-17-18(3)11-15/h5-8,10-12,16H,4,9H2,1-3H3. The number of hydrogen-bond donors (Lipinski definition) is 1. The van der Waals surface area contributed by atoms with Gasteiger partial charge in [-0.05, 0) is 37.6 Å². The van der Waals surface area contributed by atoms with Crippen molar-refractivity contribution in [1.29, 1.82) is 0 Å². The van der Waals surface area contributed by atoms with E-state index in [1.807, 2.05) is 24.1 Å². The van der Waals surface area contributed by atoms with Crippen molar-refractivity contribution in [2.45, 2.75) is 36.1 Å². The van der Waals surface area contributed by atoms with Crippen LogP contribution in [-0.2, 0) is 7.05 Å². The Bertz CT molecular complexity index is 504. The monoisotopic (exact) mass is 275 g/mol. The van der Waals surface area contributed by atoms with E-state index in [1.165, 1.54) is 21.8 Å². The van der Waals surface area contributed by atoms with E-state index in [9.17, 15) is 0 Å². The molecule has 2 rings (SSSR count). The Balaban J connectivity index is 1.98. The van der Waals surface area contributed by atoms with Crippen LogP contribution < -0.4 is 5.32 Å². The van der Waals surface area contributed by atoms with Crippen LogP contribution in [0.1, 0.15) is 31.9 Å². The highest BCUT2D eigenvalue weighted by atomic mass is 32.2. The van der Waals surface area contributed by atoms with Crippen molar-refractivity contribution >= 4 is 11.8 Å². The van der Waals surface area contributed by atoms with Crippen LogP contribution in [-0.4, -0.2) is 16.3 Å². The molecule has 1 heterocycles. The van der Waals surface area contributed by atoms with E-state index in [2.05, 4.69) is 48.5 Å². The maximum atomic E-state index is 4.18. The van der Waals surface area contributed by atoms with E-state index in [-0.39, 0.29) is 0 Å². The average molecular weight is 275 g/mol. The minimum Gasteiger partial charge on any atom is -0.310 e. The van der Waals surface area contributed by atoms with Gasteiger partial charge in [0.1, 0.15) is 0 Å². The molecule has 3 nitrogen and oxygen atoms in total. The summed E-state index contributed by atoms with van der Waals surface area (Å²) in [6.45, 7) is 5.46. The molecule has 19 heavy (non-hydrogen) atoms. The molecule has 0 fully saturated rings. The van der Waals surface area contributed by atoms with Crippen LogP contribution in [0.5, 0.6) is 0 Å². The van der Waals surface area contributed by atoms with Crippen molar-refractivity contribution in [3.05, 3.63) is 42.2 Å². The van der Waals surface area contributed by atoms with Gasteiger partial charge in [0.25, 0.3) is 0 Å². The first-order chi connectivity index (χ1) is 9.19. The zero-order valence-corrected chi connectivity index (χ0v) is 12.6. The number of rotatable bonds is 6. The van der Waals surface area contributed by atoms with Crippen LogP contribution >= 0.6 is 11.8 Å². The molecule has 1 atom stereocenters. The van der Waals surface area contributed by atoms with Crippen molar-refractivity contribution in [2.24, 2.45) is 7.05 Å². The molecular weight excluding hydrogens is 254 g/mol. The smallest absolute Gasteiger partial charge is 0.0629 e. The Morgan fingerprint density at radius 1 is 1.26 bits per heavy atom. The Kier molecular flexibility index (Phi) is 5.05. The first kappa shape index (κ1) is 14.2. The molecule has 0 spiro atoms. The van der Waals surface area contributed by atoms with Gasteiger partial charge in [-0.3, -0.25) is 4.68 Å². The molecule has 1 aromatic carbocycles. The van der Waals surface area contributed by atoms with Gasteiger partial charge in [-0.2, -0.15) is 5.10 Å². The second kappa shape index (κ2) is 6.78. The molecule has 0 amide bonds. The highest BCUT2D eigenvalue weighted by molar-refractivity contribution is 7.99. The summed E-state index contributed by atoms with van der Waals surface area (Å²) >= 11 is 1.74. The largest absolute Gasteiger partial charge is 0.310 e. The maximum absolute atomic E-state index is 4.18. The van der Waals surface area contributed by atoms with Crippen molar-refractivity contribution in [2.75, 3.05) is 6.54 Å². The molecular formula is C15H21N3S. The quantitative estimate of drug-likeness (QED) is 0.873. The van der Waals surface area contributed by atoms with Gasteiger partial charge in [0.05, 0.1) is 11.1 Å². The summed E-state index contributed by atoms with van der Waals surface area (Å²) in [5, 5.41) is 7.68. The predicted octanol–water partition coefficient (Wildman–Crippen LogP) is 3.63. The summed E-state index contributed by atoms with van der Waals surface area (Å²) in [4.78, 5) is 2.42. The Labute approximate surface area is 119 Å². The molecule has 1 aromatic heterocycles. The van der Waals surface area contributed by atoms with Crippen LogP contribution in [0.15, 0.2) is 46.5 Å². The zero-order valence-electron chi connectivity index (χ0n) is 11.8. The average Bonchev–Trinajstić information content (AvgIpc) is 2.82. The van der Waals surface area contributed by atoms with Gasteiger partial charge in [-0.25, -0.2) is 0 Å². The molecule has 4 heteroatoms. The zero-order chi connectivity index (χ0) is 13.7. The van der Waals surface area contributed by atoms with E-state index >= 15 is 0 Å². The Morgan fingerprint density at radius 2 is 2.00 bits per heavy atom. The van der Waals surface area contributed by atoms with Crippen molar-refractivity contribution in [3.8, 4) is 0 Å². The summed E-state index contributed by atoms with van der Waals surface area (Å²) in [6.07, 6.45) is 5.09. The van der Waals surface area contributed by atoms with Crippen LogP contribution in [0.3, 0.4) is 0 Å². The van der Waals surface area contributed by atoms with Crippen LogP contribution in [0.25, 0.3) is 0 Å². The van der Waals surface area contributed by atoms with Gasteiger partial charge in [0, 0.05) is 24.2 Å². The summed E-state index contributed by atoms with van der Waals surface area (Å²) in [6, 6.07) is 9.17. The lowest BCUT2D eigenvalue weighted by molar-refractivity contribution is 0.570. The van der Waals surface area contributed by atoms with Crippen LogP contribution in [0.4, 0.5) is 0 Å². The second-order valence-electron chi connectivity index (χ2n) is 4.70. The van der Waals surface area contributed by atoms with Gasteiger partial charge in [-0.1, -0.05) is 30.8 Å². The van der Waals surface area contributed by atoms with Gasteiger partial charge in [-0.15, -0.1) is 0 Å². The lowest BCUT2D eigenvalue weighted by Crippen LogP contribution is -2.19. The second-order valence-corrected chi connectivity index (χ2v) is 5.84. The fraction of sp³-hybridized carbons (Fsp3) is 0.400. The fourth-order valence-electron chi connectivity index (χ4n) is 1.89. The minimum atomic E-state index is 0.414. The van der Waals surface area contributed by atoms with E-state index < -0.39 is 0 Å². The van der Waals surface area contributed by atoms with Crippen LogP contribution in [0, 0.1) is 0 Å². The molecule has 1 N–H and O–H groups in total.